The van der Waals surface area contributed by atoms with Crippen molar-refractivity contribution in [2.24, 2.45) is 5.10 Å². The van der Waals surface area contributed by atoms with Crippen LogP contribution < -0.4 is 20.4 Å². The summed E-state index contributed by atoms with van der Waals surface area (Å²) in [6, 6.07) is 25.0. The lowest BCUT2D eigenvalue weighted by atomic mass is 10.2. The number of aromatic nitrogens is 3. The summed E-state index contributed by atoms with van der Waals surface area (Å²) in [6.07, 6.45) is 1.68. The summed E-state index contributed by atoms with van der Waals surface area (Å²) in [5.74, 6) is 2.01. The number of hydrogen-bond acceptors (Lipinski definition) is 9. The molecule has 2 N–H and O–H groups in total. The molecule has 4 aromatic rings. The molecule has 9 nitrogen and oxygen atoms in total. The minimum Gasteiger partial charge on any atom is -0.488 e. The van der Waals surface area contributed by atoms with Crippen molar-refractivity contribution in [3.63, 3.8) is 0 Å². The third kappa shape index (κ3) is 6.93. The van der Waals surface area contributed by atoms with E-state index in [-0.39, 0.29) is 0 Å². The van der Waals surface area contributed by atoms with E-state index in [0.29, 0.717) is 61.5 Å². The molecule has 0 aliphatic carbocycles. The maximum Gasteiger partial charge on any atom is 0.250 e. The first kappa shape index (κ1) is 24.5. The maximum atomic E-state index is 6.02. The molecule has 1 aromatic heterocycles. The number of benzene rings is 3. The van der Waals surface area contributed by atoms with Crippen LogP contribution in [0.3, 0.4) is 0 Å². The number of ether oxygens (including phenoxy) is 2. The molecular weight excluding hydrogens is 490 g/mol. The van der Waals surface area contributed by atoms with Crippen LogP contribution in [0.2, 0.25) is 5.02 Å². The average molecular weight is 516 g/mol. The zero-order valence-corrected chi connectivity index (χ0v) is 20.8. The van der Waals surface area contributed by atoms with Crippen molar-refractivity contribution in [1.82, 2.24) is 15.0 Å². The van der Waals surface area contributed by atoms with Crippen LogP contribution in [-0.4, -0.2) is 47.5 Å². The molecule has 0 unspecified atom stereocenters. The van der Waals surface area contributed by atoms with Crippen LogP contribution >= 0.6 is 11.6 Å². The summed E-state index contributed by atoms with van der Waals surface area (Å²) >= 11 is 5.97. The highest BCUT2D eigenvalue weighted by Gasteiger charge is 2.16. The molecule has 1 aliphatic rings. The lowest BCUT2D eigenvalue weighted by Crippen LogP contribution is -2.37. The number of anilines is 4. The zero-order valence-electron chi connectivity index (χ0n) is 20.0. The van der Waals surface area contributed by atoms with Gasteiger partial charge in [0.2, 0.25) is 17.8 Å². The highest BCUT2D eigenvalue weighted by atomic mass is 35.5. The molecule has 1 aliphatic heterocycles. The van der Waals surface area contributed by atoms with Gasteiger partial charge >= 0.3 is 0 Å². The van der Waals surface area contributed by atoms with Crippen molar-refractivity contribution in [1.29, 1.82) is 0 Å². The number of nitrogens with zero attached hydrogens (tertiary/aromatic N) is 5. The third-order valence-electron chi connectivity index (χ3n) is 5.54. The number of para-hydroxylation sites is 2. The monoisotopic (exact) mass is 515 g/mol. The van der Waals surface area contributed by atoms with Crippen LogP contribution in [-0.2, 0) is 11.3 Å². The van der Waals surface area contributed by atoms with Crippen molar-refractivity contribution in [3.8, 4) is 5.75 Å². The molecule has 0 saturated carbocycles. The molecule has 0 amide bonds. The number of hydrogen-bond donors (Lipinski definition) is 2. The third-order valence-corrected chi connectivity index (χ3v) is 5.79. The Morgan fingerprint density at radius 1 is 0.892 bits per heavy atom. The first-order chi connectivity index (χ1) is 18.2. The van der Waals surface area contributed by atoms with Crippen molar-refractivity contribution >= 4 is 41.3 Å². The van der Waals surface area contributed by atoms with Gasteiger partial charge in [0.05, 0.1) is 19.4 Å². The standard InChI is InChI=1S/C27H26ClN7O2/c28-22-12-10-20(11-13-22)19-37-24-9-5-4-6-21(24)18-29-34-26-31-25(30-23-7-2-1-3-8-23)32-27(33-26)35-14-16-36-17-15-35/h1-13,18H,14-17,19H2,(H2,30,31,32,33,34)/b29-18-. The van der Waals surface area contributed by atoms with E-state index in [2.05, 4.69) is 35.7 Å². The predicted molar refractivity (Wildman–Crippen MR) is 146 cm³/mol. The summed E-state index contributed by atoms with van der Waals surface area (Å²) in [6.45, 7) is 3.08. The second-order valence-electron chi connectivity index (χ2n) is 8.20. The van der Waals surface area contributed by atoms with Crippen LogP contribution in [0.25, 0.3) is 0 Å². The van der Waals surface area contributed by atoms with Crippen LogP contribution in [0, 0.1) is 0 Å². The molecule has 10 heteroatoms. The van der Waals surface area contributed by atoms with Gasteiger partial charge in [0, 0.05) is 29.4 Å². The number of rotatable bonds is 9. The minimum absolute atomic E-state index is 0.325. The van der Waals surface area contributed by atoms with E-state index in [1.165, 1.54) is 0 Å². The van der Waals surface area contributed by atoms with Crippen molar-refractivity contribution in [2.75, 3.05) is 41.9 Å². The topological polar surface area (TPSA) is 96.8 Å². The Bertz CT molecular complexity index is 1330. The van der Waals surface area contributed by atoms with E-state index in [1.54, 1.807) is 6.21 Å². The largest absolute Gasteiger partial charge is 0.488 e. The molecule has 37 heavy (non-hydrogen) atoms. The molecule has 2 heterocycles. The first-order valence-electron chi connectivity index (χ1n) is 11.9. The fraction of sp³-hybridized carbons (Fsp3) is 0.185. The Labute approximate surface area is 220 Å². The summed E-state index contributed by atoms with van der Waals surface area (Å²) in [7, 11) is 0. The Morgan fingerprint density at radius 2 is 1.62 bits per heavy atom. The fourth-order valence-corrected chi connectivity index (χ4v) is 3.77. The minimum atomic E-state index is 0.325. The van der Waals surface area contributed by atoms with Crippen LogP contribution in [0.5, 0.6) is 5.75 Å². The number of hydrazone groups is 1. The molecule has 188 valence electrons. The van der Waals surface area contributed by atoms with E-state index in [1.807, 2.05) is 78.9 Å². The average Bonchev–Trinajstić information content (AvgIpc) is 2.94. The smallest absolute Gasteiger partial charge is 0.250 e. The molecule has 1 saturated heterocycles. The van der Waals surface area contributed by atoms with E-state index in [4.69, 9.17) is 21.1 Å². The Kier molecular flexibility index (Phi) is 8.04. The second kappa shape index (κ2) is 12.2. The lowest BCUT2D eigenvalue weighted by molar-refractivity contribution is 0.122. The molecule has 0 bridgehead atoms. The van der Waals surface area contributed by atoms with Gasteiger partial charge in [-0.3, -0.25) is 0 Å². The molecular formula is C27H26ClN7O2. The fourth-order valence-electron chi connectivity index (χ4n) is 3.65. The van der Waals surface area contributed by atoms with Crippen molar-refractivity contribution in [3.05, 3.63) is 95.0 Å². The summed E-state index contributed by atoms with van der Waals surface area (Å²) in [5, 5.41) is 8.31. The van der Waals surface area contributed by atoms with Gasteiger partial charge in [-0.15, -0.1) is 0 Å². The quantitative estimate of drug-likeness (QED) is 0.234. The lowest BCUT2D eigenvalue weighted by Gasteiger charge is -2.27. The van der Waals surface area contributed by atoms with Gasteiger partial charge in [-0.1, -0.05) is 54.1 Å². The van der Waals surface area contributed by atoms with Gasteiger partial charge < -0.3 is 19.7 Å². The first-order valence-corrected chi connectivity index (χ1v) is 12.3. The highest BCUT2D eigenvalue weighted by Crippen LogP contribution is 2.20. The van der Waals surface area contributed by atoms with E-state index in [9.17, 15) is 0 Å². The highest BCUT2D eigenvalue weighted by molar-refractivity contribution is 6.30. The number of nitrogens with one attached hydrogen (secondary N) is 2. The molecule has 0 radical (unpaired) electrons. The summed E-state index contributed by atoms with van der Waals surface area (Å²) < 4.78 is 11.5. The summed E-state index contributed by atoms with van der Waals surface area (Å²) in [5.41, 5.74) is 5.66. The van der Waals surface area contributed by atoms with Gasteiger partial charge in [-0.2, -0.15) is 20.1 Å². The predicted octanol–water partition coefficient (Wildman–Crippen LogP) is 5.13. The van der Waals surface area contributed by atoms with Gasteiger partial charge in [-0.05, 0) is 42.0 Å². The molecule has 5 rings (SSSR count). The Balaban J connectivity index is 1.31. The van der Waals surface area contributed by atoms with Crippen LogP contribution in [0.15, 0.2) is 84.0 Å². The maximum absolute atomic E-state index is 6.02. The van der Waals surface area contributed by atoms with Gasteiger partial charge in [0.25, 0.3) is 0 Å². The molecule has 0 spiro atoms. The normalized spacial score (nSPS) is 13.5. The number of morpholine rings is 1. The van der Waals surface area contributed by atoms with E-state index in [0.717, 1.165) is 16.8 Å². The van der Waals surface area contributed by atoms with Crippen molar-refractivity contribution in [2.45, 2.75) is 6.61 Å². The van der Waals surface area contributed by atoms with E-state index < -0.39 is 0 Å². The Hall–Kier alpha value is -4.21. The number of halogens is 1. The molecule has 3 aromatic carbocycles. The molecule has 0 atom stereocenters. The molecule has 1 fully saturated rings. The SMILES string of the molecule is Clc1ccc(COc2ccccc2/C=N\Nc2nc(Nc3ccccc3)nc(N3CCOCC3)n2)cc1. The van der Waals surface area contributed by atoms with Crippen LogP contribution in [0.1, 0.15) is 11.1 Å². The second-order valence-corrected chi connectivity index (χ2v) is 8.63. The van der Waals surface area contributed by atoms with Gasteiger partial charge in [0.1, 0.15) is 12.4 Å². The zero-order chi connectivity index (χ0) is 25.3. The van der Waals surface area contributed by atoms with Crippen molar-refractivity contribution < 1.29 is 9.47 Å². The van der Waals surface area contributed by atoms with E-state index >= 15 is 0 Å². The summed E-state index contributed by atoms with van der Waals surface area (Å²) in [4.78, 5) is 15.8. The Morgan fingerprint density at radius 3 is 2.43 bits per heavy atom. The van der Waals surface area contributed by atoms with Crippen LogP contribution in [0.4, 0.5) is 23.5 Å². The van der Waals surface area contributed by atoms with Gasteiger partial charge in [-0.25, -0.2) is 5.43 Å². The van der Waals surface area contributed by atoms with Gasteiger partial charge in [0.15, 0.2) is 0 Å².